The summed E-state index contributed by atoms with van der Waals surface area (Å²) < 4.78 is 10.5. The number of hydrogen-bond donors (Lipinski definition) is 0. The molecule has 4 nitrogen and oxygen atoms in total. The standard InChI is InChI=1S/C24H18O4/c1-27-22-12-11-15(13-23(22)28-2)21(25)14-20-16-7-3-5-9-18(16)24(26)19-10-6-4-8-17(19)20/h3-14H,1-2H3. The van der Waals surface area contributed by atoms with Crippen molar-refractivity contribution in [1.82, 2.24) is 0 Å². The Labute approximate surface area is 163 Å². The Hall–Kier alpha value is -3.66. The van der Waals surface area contributed by atoms with E-state index in [4.69, 9.17) is 9.47 Å². The summed E-state index contributed by atoms with van der Waals surface area (Å²) in [7, 11) is 3.08. The van der Waals surface area contributed by atoms with E-state index in [-0.39, 0.29) is 11.6 Å². The predicted octanol–water partition coefficient (Wildman–Crippen LogP) is 4.56. The zero-order valence-electron chi connectivity index (χ0n) is 15.6. The quantitative estimate of drug-likeness (QED) is 0.390. The molecule has 0 fully saturated rings. The number of hydrogen-bond acceptors (Lipinski definition) is 4. The maximum Gasteiger partial charge on any atom is 0.194 e. The van der Waals surface area contributed by atoms with Crippen molar-refractivity contribution in [2.24, 2.45) is 0 Å². The molecule has 0 saturated heterocycles. The number of allylic oxidation sites excluding steroid dienone is 1. The molecule has 1 aliphatic rings. The van der Waals surface area contributed by atoms with Crippen molar-refractivity contribution in [3.8, 4) is 11.5 Å². The third kappa shape index (κ3) is 2.89. The molecule has 1 aliphatic carbocycles. The van der Waals surface area contributed by atoms with Gasteiger partial charge >= 0.3 is 0 Å². The molecule has 0 bridgehead atoms. The van der Waals surface area contributed by atoms with Crippen LogP contribution in [0.1, 0.15) is 37.4 Å². The Morgan fingerprint density at radius 2 is 1.29 bits per heavy atom. The molecule has 0 N–H and O–H groups in total. The highest BCUT2D eigenvalue weighted by Gasteiger charge is 2.26. The van der Waals surface area contributed by atoms with Crippen LogP contribution in [0.15, 0.2) is 72.8 Å². The van der Waals surface area contributed by atoms with Crippen LogP contribution in [0.3, 0.4) is 0 Å². The fourth-order valence-electron chi connectivity index (χ4n) is 3.48. The molecule has 4 heteroatoms. The third-order valence-corrected chi connectivity index (χ3v) is 4.87. The van der Waals surface area contributed by atoms with Crippen molar-refractivity contribution >= 4 is 17.1 Å². The van der Waals surface area contributed by atoms with Gasteiger partial charge in [0.15, 0.2) is 23.1 Å². The molecule has 138 valence electrons. The topological polar surface area (TPSA) is 52.6 Å². The number of fused-ring (bicyclic) bond motifs is 2. The smallest absolute Gasteiger partial charge is 0.194 e. The molecule has 3 aromatic rings. The molecule has 0 saturated carbocycles. The first-order valence-corrected chi connectivity index (χ1v) is 8.85. The fraction of sp³-hybridized carbons (Fsp3) is 0.0833. The number of ether oxygens (including phenoxy) is 2. The summed E-state index contributed by atoms with van der Waals surface area (Å²) in [6, 6.07) is 19.8. The Morgan fingerprint density at radius 3 is 1.82 bits per heavy atom. The predicted molar refractivity (Wildman–Crippen MR) is 107 cm³/mol. The lowest BCUT2D eigenvalue weighted by Crippen LogP contribution is -2.15. The Morgan fingerprint density at radius 1 is 0.750 bits per heavy atom. The maximum absolute atomic E-state index is 13.0. The van der Waals surface area contributed by atoms with Crippen LogP contribution < -0.4 is 9.47 Å². The molecule has 0 unspecified atom stereocenters. The SMILES string of the molecule is COc1ccc(C(=O)C=C2c3ccccc3C(=O)c3ccccc32)cc1OC. The first kappa shape index (κ1) is 17.7. The van der Waals surface area contributed by atoms with E-state index in [2.05, 4.69) is 0 Å². The van der Waals surface area contributed by atoms with Gasteiger partial charge in [-0.2, -0.15) is 0 Å². The highest BCUT2D eigenvalue weighted by atomic mass is 16.5. The average Bonchev–Trinajstić information content (AvgIpc) is 2.76. The molecule has 0 aromatic heterocycles. The minimum atomic E-state index is -0.171. The Balaban J connectivity index is 1.85. The minimum absolute atomic E-state index is 0.0260. The highest BCUT2D eigenvalue weighted by molar-refractivity contribution is 6.21. The summed E-state index contributed by atoms with van der Waals surface area (Å²) in [4.78, 5) is 25.8. The van der Waals surface area contributed by atoms with Crippen LogP contribution >= 0.6 is 0 Å². The first-order chi connectivity index (χ1) is 13.6. The molecule has 0 spiro atoms. The van der Waals surface area contributed by atoms with Crippen LogP contribution in [-0.4, -0.2) is 25.8 Å². The largest absolute Gasteiger partial charge is 0.493 e. The summed E-state index contributed by atoms with van der Waals surface area (Å²) in [6.45, 7) is 0. The first-order valence-electron chi connectivity index (χ1n) is 8.85. The number of ketones is 2. The third-order valence-electron chi connectivity index (χ3n) is 4.87. The van der Waals surface area contributed by atoms with E-state index in [1.807, 2.05) is 36.4 Å². The zero-order chi connectivity index (χ0) is 19.7. The van der Waals surface area contributed by atoms with Crippen LogP contribution in [0.25, 0.3) is 5.57 Å². The summed E-state index contributed by atoms with van der Waals surface area (Å²) in [5.41, 5.74) is 3.96. The lowest BCUT2D eigenvalue weighted by atomic mass is 9.80. The number of rotatable bonds is 4. The number of methoxy groups -OCH3 is 2. The van der Waals surface area contributed by atoms with Crippen LogP contribution in [-0.2, 0) is 0 Å². The van der Waals surface area contributed by atoms with Crippen molar-refractivity contribution < 1.29 is 19.1 Å². The molecule has 0 aliphatic heterocycles. The van der Waals surface area contributed by atoms with E-state index in [1.54, 1.807) is 43.5 Å². The zero-order valence-corrected chi connectivity index (χ0v) is 15.6. The summed E-state index contributed by atoms with van der Waals surface area (Å²) >= 11 is 0. The normalized spacial score (nSPS) is 12.1. The van der Waals surface area contributed by atoms with Crippen LogP contribution in [0.4, 0.5) is 0 Å². The van der Waals surface area contributed by atoms with Gasteiger partial charge in [-0.05, 0) is 41.0 Å². The maximum atomic E-state index is 13.0. The van der Waals surface area contributed by atoms with Gasteiger partial charge in [0.2, 0.25) is 0 Å². The Bertz CT molecular complexity index is 1070. The molecule has 28 heavy (non-hydrogen) atoms. The molecular weight excluding hydrogens is 352 g/mol. The van der Waals surface area contributed by atoms with E-state index in [9.17, 15) is 9.59 Å². The second-order valence-corrected chi connectivity index (χ2v) is 6.41. The monoisotopic (exact) mass is 370 g/mol. The lowest BCUT2D eigenvalue weighted by molar-refractivity contribution is 0.103. The van der Waals surface area contributed by atoms with Crippen LogP contribution in [0.5, 0.6) is 11.5 Å². The molecule has 0 atom stereocenters. The van der Waals surface area contributed by atoms with E-state index in [0.717, 1.165) is 16.7 Å². The van der Waals surface area contributed by atoms with Crippen molar-refractivity contribution in [1.29, 1.82) is 0 Å². The van der Waals surface area contributed by atoms with Crippen molar-refractivity contribution in [2.45, 2.75) is 0 Å². The average molecular weight is 370 g/mol. The van der Waals surface area contributed by atoms with Crippen molar-refractivity contribution in [3.63, 3.8) is 0 Å². The van der Waals surface area contributed by atoms with Gasteiger partial charge in [-0.1, -0.05) is 48.5 Å². The van der Waals surface area contributed by atoms with Gasteiger partial charge in [0.05, 0.1) is 14.2 Å². The second-order valence-electron chi connectivity index (χ2n) is 6.41. The second kappa shape index (κ2) is 7.16. The molecule has 4 rings (SSSR count). The van der Waals surface area contributed by atoms with Gasteiger partial charge < -0.3 is 9.47 Å². The highest BCUT2D eigenvalue weighted by Crippen LogP contribution is 2.36. The molecule has 0 radical (unpaired) electrons. The number of carbonyl (C=O) groups excluding carboxylic acids is 2. The summed E-state index contributed by atoms with van der Waals surface area (Å²) in [6.07, 6.45) is 1.59. The van der Waals surface area contributed by atoms with E-state index >= 15 is 0 Å². The van der Waals surface area contributed by atoms with Gasteiger partial charge in [-0.3, -0.25) is 9.59 Å². The van der Waals surface area contributed by atoms with Crippen molar-refractivity contribution in [2.75, 3.05) is 14.2 Å². The van der Waals surface area contributed by atoms with Crippen LogP contribution in [0, 0.1) is 0 Å². The Kier molecular flexibility index (Phi) is 4.53. The van der Waals surface area contributed by atoms with Gasteiger partial charge in [-0.25, -0.2) is 0 Å². The summed E-state index contributed by atoms with van der Waals surface area (Å²) in [5, 5.41) is 0. The molecule has 0 heterocycles. The van der Waals surface area contributed by atoms with Gasteiger partial charge in [0, 0.05) is 16.7 Å². The number of carbonyl (C=O) groups is 2. The van der Waals surface area contributed by atoms with Gasteiger partial charge in [-0.15, -0.1) is 0 Å². The minimum Gasteiger partial charge on any atom is -0.493 e. The lowest BCUT2D eigenvalue weighted by Gasteiger charge is -2.21. The van der Waals surface area contributed by atoms with Crippen molar-refractivity contribution in [3.05, 3.63) is 101 Å². The van der Waals surface area contributed by atoms with Gasteiger partial charge in [0.1, 0.15) is 0 Å². The van der Waals surface area contributed by atoms with Gasteiger partial charge in [0.25, 0.3) is 0 Å². The molecule has 3 aromatic carbocycles. The van der Waals surface area contributed by atoms with E-state index in [0.29, 0.717) is 28.2 Å². The van der Waals surface area contributed by atoms with E-state index < -0.39 is 0 Å². The van der Waals surface area contributed by atoms with E-state index in [1.165, 1.54) is 7.11 Å². The fourth-order valence-corrected chi connectivity index (χ4v) is 3.48. The number of benzene rings is 3. The molecule has 0 amide bonds. The summed E-state index contributed by atoms with van der Waals surface area (Å²) in [5.74, 6) is 0.855. The van der Waals surface area contributed by atoms with Crippen LogP contribution in [0.2, 0.25) is 0 Å². The molecular formula is C24H18O4.